The molecule has 0 bridgehead atoms. The number of anilines is 1. The Kier molecular flexibility index (Phi) is 4.34. The van der Waals surface area contributed by atoms with Crippen molar-refractivity contribution in [2.75, 3.05) is 38.2 Å². The van der Waals surface area contributed by atoms with E-state index in [0.717, 1.165) is 43.3 Å². The fourth-order valence-electron chi connectivity index (χ4n) is 2.58. The van der Waals surface area contributed by atoms with E-state index in [1.54, 1.807) is 6.07 Å². The SMILES string of the molecule is COC(=O)c1cccc(-c2cccc(N3CCNCC3)n2)c1. The van der Waals surface area contributed by atoms with E-state index in [2.05, 4.69) is 10.2 Å². The van der Waals surface area contributed by atoms with Gasteiger partial charge in [0, 0.05) is 31.7 Å². The first-order valence-corrected chi connectivity index (χ1v) is 7.39. The molecular formula is C17H19N3O2. The van der Waals surface area contributed by atoms with Crippen molar-refractivity contribution < 1.29 is 9.53 Å². The summed E-state index contributed by atoms with van der Waals surface area (Å²) in [5.74, 6) is 0.641. The van der Waals surface area contributed by atoms with Crippen LogP contribution in [0.3, 0.4) is 0 Å². The van der Waals surface area contributed by atoms with E-state index in [1.165, 1.54) is 7.11 Å². The first-order chi connectivity index (χ1) is 10.8. The van der Waals surface area contributed by atoms with Crippen molar-refractivity contribution in [2.45, 2.75) is 0 Å². The molecule has 3 rings (SSSR count). The molecule has 1 aromatic carbocycles. The molecule has 0 aliphatic carbocycles. The van der Waals surface area contributed by atoms with Gasteiger partial charge in [0.15, 0.2) is 0 Å². The largest absolute Gasteiger partial charge is 0.465 e. The monoisotopic (exact) mass is 297 g/mol. The van der Waals surface area contributed by atoms with E-state index in [0.29, 0.717) is 5.56 Å². The summed E-state index contributed by atoms with van der Waals surface area (Å²) in [6, 6.07) is 13.4. The lowest BCUT2D eigenvalue weighted by atomic mass is 10.1. The summed E-state index contributed by atoms with van der Waals surface area (Å²) >= 11 is 0. The summed E-state index contributed by atoms with van der Waals surface area (Å²) in [5, 5.41) is 3.34. The minimum Gasteiger partial charge on any atom is -0.465 e. The maximum Gasteiger partial charge on any atom is 0.337 e. The number of nitrogens with zero attached hydrogens (tertiary/aromatic N) is 2. The molecule has 0 atom stereocenters. The van der Waals surface area contributed by atoms with Crippen LogP contribution in [0.1, 0.15) is 10.4 Å². The third kappa shape index (κ3) is 3.09. The van der Waals surface area contributed by atoms with Crippen LogP contribution in [0, 0.1) is 0 Å². The number of carbonyl (C=O) groups is 1. The van der Waals surface area contributed by atoms with Crippen LogP contribution >= 0.6 is 0 Å². The number of aromatic nitrogens is 1. The molecule has 0 saturated carbocycles. The molecule has 2 heterocycles. The number of esters is 1. The molecule has 22 heavy (non-hydrogen) atoms. The third-order valence-electron chi connectivity index (χ3n) is 3.75. The Morgan fingerprint density at radius 3 is 2.73 bits per heavy atom. The van der Waals surface area contributed by atoms with Gasteiger partial charge in [0.05, 0.1) is 18.4 Å². The van der Waals surface area contributed by atoms with E-state index in [1.807, 2.05) is 36.4 Å². The van der Waals surface area contributed by atoms with Crippen LogP contribution < -0.4 is 10.2 Å². The molecule has 1 aromatic heterocycles. The molecule has 2 aromatic rings. The molecule has 1 aliphatic rings. The first kappa shape index (κ1) is 14.5. The Bertz CT molecular complexity index is 666. The van der Waals surface area contributed by atoms with Gasteiger partial charge in [0.1, 0.15) is 5.82 Å². The highest BCUT2D eigenvalue weighted by atomic mass is 16.5. The van der Waals surface area contributed by atoms with Crippen molar-refractivity contribution in [3.8, 4) is 11.3 Å². The van der Waals surface area contributed by atoms with E-state index in [9.17, 15) is 4.79 Å². The van der Waals surface area contributed by atoms with E-state index in [4.69, 9.17) is 9.72 Å². The van der Waals surface area contributed by atoms with Gasteiger partial charge in [-0.3, -0.25) is 0 Å². The van der Waals surface area contributed by atoms with Crippen LogP contribution in [0.5, 0.6) is 0 Å². The van der Waals surface area contributed by atoms with Crippen molar-refractivity contribution in [2.24, 2.45) is 0 Å². The summed E-state index contributed by atoms with van der Waals surface area (Å²) in [4.78, 5) is 18.7. The molecule has 1 saturated heterocycles. The average molecular weight is 297 g/mol. The number of rotatable bonds is 3. The van der Waals surface area contributed by atoms with Crippen molar-refractivity contribution in [1.82, 2.24) is 10.3 Å². The van der Waals surface area contributed by atoms with Gasteiger partial charge in [-0.25, -0.2) is 9.78 Å². The molecule has 1 aliphatic heterocycles. The summed E-state index contributed by atoms with van der Waals surface area (Å²) < 4.78 is 4.77. The zero-order valence-corrected chi connectivity index (χ0v) is 12.6. The van der Waals surface area contributed by atoms with Gasteiger partial charge in [0.25, 0.3) is 0 Å². The van der Waals surface area contributed by atoms with Crippen LogP contribution in [-0.4, -0.2) is 44.2 Å². The molecular weight excluding hydrogens is 278 g/mol. The highest BCUT2D eigenvalue weighted by Crippen LogP contribution is 2.22. The summed E-state index contributed by atoms with van der Waals surface area (Å²) in [5.41, 5.74) is 2.32. The quantitative estimate of drug-likeness (QED) is 0.878. The van der Waals surface area contributed by atoms with Crippen molar-refractivity contribution in [3.63, 3.8) is 0 Å². The fourth-order valence-corrected chi connectivity index (χ4v) is 2.58. The number of hydrogen-bond donors (Lipinski definition) is 1. The van der Waals surface area contributed by atoms with Crippen molar-refractivity contribution in [3.05, 3.63) is 48.0 Å². The van der Waals surface area contributed by atoms with Crippen LogP contribution in [-0.2, 0) is 4.74 Å². The Hall–Kier alpha value is -2.40. The Morgan fingerprint density at radius 1 is 1.18 bits per heavy atom. The number of methoxy groups -OCH3 is 1. The second kappa shape index (κ2) is 6.58. The van der Waals surface area contributed by atoms with E-state index < -0.39 is 0 Å². The predicted octanol–water partition coefficient (Wildman–Crippen LogP) is 1.94. The Labute approximate surface area is 129 Å². The van der Waals surface area contributed by atoms with Gasteiger partial charge >= 0.3 is 5.97 Å². The van der Waals surface area contributed by atoms with Crippen molar-refractivity contribution >= 4 is 11.8 Å². The van der Waals surface area contributed by atoms with Gasteiger partial charge < -0.3 is 15.0 Å². The molecule has 1 N–H and O–H groups in total. The van der Waals surface area contributed by atoms with Gasteiger partial charge in [-0.2, -0.15) is 0 Å². The van der Waals surface area contributed by atoms with Crippen LogP contribution in [0.4, 0.5) is 5.82 Å². The lowest BCUT2D eigenvalue weighted by molar-refractivity contribution is 0.0601. The normalized spacial score (nSPS) is 14.7. The highest BCUT2D eigenvalue weighted by Gasteiger charge is 2.13. The maximum absolute atomic E-state index is 11.7. The van der Waals surface area contributed by atoms with Gasteiger partial charge in [0.2, 0.25) is 0 Å². The lowest BCUT2D eigenvalue weighted by Crippen LogP contribution is -2.43. The number of piperazine rings is 1. The summed E-state index contributed by atoms with van der Waals surface area (Å²) in [7, 11) is 1.39. The first-order valence-electron chi connectivity index (χ1n) is 7.39. The Morgan fingerprint density at radius 2 is 1.95 bits per heavy atom. The number of nitrogens with one attached hydrogen (secondary N) is 1. The second-order valence-corrected chi connectivity index (χ2v) is 5.19. The van der Waals surface area contributed by atoms with Gasteiger partial charge in [-0.05, 0) is 24.3 Å². The molecule has 0 amide bonds. The molecule has 0 spiro atoms. The molecule has 1 fully saturated rings. The molecule has 5 heteroatoms. The van der Waals surface area contributed by atoms with Crippen LogP contribution in [0.2, 0.25) is 0 Å². The average Bonchev–Trinajstić information content (AvgIpc) is 2.62. The number of benzene rings is 1. The highest BCUT2D eigenvalue weighted by molar-refractivity contribution is 5.90. The number of carbonyl (C=O) groups excluding carboxylic acids is 1. The molecule has 5 nitrogen and oxygen atoms in total. The second-order valence-electron chi connectivity index (χ2n) is 5.19. The van der Waals surface area contributed by atoms with Crippen LogP contribution in [0.25, 0.3) is 11.3 Å². The standard InChI is InChI=1S/C17H19N3O2/c1-22-17(21)14-5-2-4-13(12-14)15-6-3-7-16(19-15)20-10-8-18-9-11-20/h2-7,12,18H,8-11H2,1H3. The van der Waals surface area contributed by atoms with Crippen molar-refractivity contribution in [1.29, 1.82) is 0 Å². The van der Waals surface area contributed by atoms with E-state index >= 15 is 0 Å². The zero-order valence-electron chi connectivity index (χ0n) is 12.6. The Balaban J connectivity index is 1.90. The third-order valence-corrected chi connectivity index (χ3v) is 3.75. The maximum atomic E-state index is 11.7. The fraction of sp³-hybridized carbons (Fsp3) is 0.294. The number of pyridine rings is 1. The number of hydrogen-bond acceptors (Lipinski definition) is 5. The molecule has 0 unspecified atom stereocenters. The summed E-state index contributed by atoms with van der Waals surface area (Å²) in [6.45, 7) is 3.87. The molecule has 114 valence electrons. The minimum absolute atomic E-state index is 0.333. The van der Waals surface area contributed by atoms with Crippen LogP contribution in [0.15, 0.2) is 42.5 Å². The zero-order chi connectivity index (χ0) is 15.4. The predicted molar refractivity (Wildman–Crippen MR) is 86.1 cm³/mol. The molecule has 0 radical (unpaired) electrons. The summed E-state index contributed by atoms with van der Waals surface area (Å²) in [6.07, 6.45) is 0. The van der Waals surface area contributed by atoms with Gasteiger partial charge in [-0.1, -0.05) is 18.2 Å². The van der Waals surface area contributed by atoms with Gasteiger partial charge in [-0.15, -0.1) is 0 Å². The number of ether oxygens (including phenoxy) is 1. The smallest absolute Gasteiger partial charge is 0.337 e. The topological polar surface area (TPSA) is 54.5 Å². The van der Waals surface area contributed by atoms with E-state index in [-0.39, 0.29) is 5.97 Å². The minimum atomic E-state index is -0.333. The lowest BCUT2D eigenvalue weighted by Gasteiger charge is -2.28.